The van der Waals surface area contributed by atoms with Crippen LogP contribution >= 0.6 is 0 Å². The molecule has 7 nitrogen and oxygen atoms in total. The molecule has 0 fully saturated rings. The summed E-state index contributed by atoms with van der Waals surface area (Å²) in [6.45, 7) is 8.15. The summed E-state index contributed by atoms with van der Waals surface area (Å²) in [4.78, 5) is 36.0. The zero-order valence-corrected chi connectivity index (χ0v) is 23.3. The van der Waals surface area contributed by atoms with Crippen LogP contribution in [0, 0.1) is 0 Å². The molecule has 0 heterocycles. The lowest BCUT2D eigenvalue weighted by Gasteiger charge is -2.20. The molecular weight excluding hydrogens is 444 g/mol. The lowest BCUT2D eigenvalue weighted by Crippen LogP contribution is -2.41. The van der Waals surface area contributed by atoms with E-state index in [1.165, 1.54) is 71.3 Å². The third-order valence-corrected chi connectivity index (χ3v) is 5.92. The fourth-order valence-electron chi connectivity index (χ4n) is 3.94. The van der Waals surface area contributed by atoms with Gasteiger partial charge in [0.1, 0.15) is 11.6 Å². The number of nitrogens with one attached hydrogen (secondary N) is 2. The van der Waals surface area contributed by atoms with Crippen LogP contribution in [0.4, 0.5) is 4.79 Å². The van der Waals surface area contributed by atoms with Gasteiger partial charge in [0.2, 0.25) is 5.91 Å². The van der Waals surface area contributed by atoms with Gasteiger partial charge in [-0.1, -0.05) is 84.0 Å². The van der Waals surface area contributed by atoms with Crippen molar-refractivity contribution in [3.05, 3.63) is 0 Å². The Labute approximate surface area is 214 Å². The Kier molecular flexibility index (Phi) is 20.4. The van der Waals surface area contributed by atoms with Gasteiger partial charge in [0.05, 0.1) is 7.11 Å². The van der Waals surface area contributed by atoms with Crippen LogP contribution in [-0.2, 0) is 19.1 Å². The van der Waals surface area contributed by atoms with E-state index in [2.05, 4.69) is 17.6 Å². The zero-order valence-electron chi connectivity index (χ0n) is 23.3. The molecule has 0 unspecified atom stereocenters. The van der Waals surface area contributed by atoms with Crippen LogP contribution < -0.4 is 10.6 Å². The molecular formula is C28H54N2O5. The van der Waals surface area contributed by atoms with E-state index in [1.54, 1.807) is 0 Å². The molecule has 0 bridgehead atoms. The molecule has 0 radical (unpaired) electrons. The minimum atomic E-state index is -0.643. The number of hydrogen-bond donors (Lipinski definition) is 2. The Bertz CT molecular complexity index is 560. The minimum absolute atomic E-state index is 0.102. The Morgan fingerprint density at radius 1 is 0.743 bits per heavy atom. The van der Waals surface area contributed by atoms with Gasteiger partial charge in [-0.15, -0.1) is 0 Å². The van der Waals surface area contributed by atoms with Gasteiger partial charge in [-0.05, 0) is 46.5 Å². The quantitative estimate of drug-likeness (QED) is 0.134. The molecule has 7 heteroatoms. The van der Waals surface area contributed by atoms with Crippen LogP contribution in [0.3, 0.4) is 0 Å². The standard InChI is InChI=1S/C28H54N2O5/c1-6-7-8-9-10-11-12-13-14-15-16-17-18-22-25(31)30-24(26(32)34-5)21-19-20-23-29-27(33)35-28(2,3)4/h24H,6-23H2,1-5H3,(H,29,33)(H,30,31)/t24-/m0/s1. The topological polar surface area (TPSA) is 93.7 Å². The van der Waals surface area contributed by atoms with Crippen molar-refractivity contribution in [3.63, 3.8) is 0 Å². The molecule has 2 N–H and O–H groups in total. The van der Waals surface area contributed by atoms with Crippen LogP contribution in [-0.4, -0.2) is 43.3 Å². The number of ether oxygens (including phenoxy) is 2. The van der Waals surface area contributed by atoms with Gasteiger partial charge in [-0.25, -0.2) is 9.59 Å². The maximum Gasteiger partial charge on any atom is 0.407 e. The average Bonchev–Trinajstić information content (AvgIpc) is 2.79. The molecule has 0 aliphatic carbocycles. The number of rotatable bonds is 21. The summed E-state index contributed by atoms with van der Waals surface area (Å²) in [6, 6.07) is -0.643. The second kappa shape index (κ2) is 21.5. The van der Waals surface area contributed by atoms with Crippen molar-refractivity contribution in [1.29, 1.82) is 0 Å². The van der Waals surface area contributed by atoms with Crippen molar-refractivity contribution in [2.24, 2.45) is 0 Å². The first-order valence-corrected chi connectivity index (χ1v) is 14.0. The van der Waals surface area contributed by atoms with E-state index < -0.39 is 23.7 Å². The smallest absolute Gasteiger partial charge is 0.407 e. The normalized spacial score (nSPS) is 12.1. The van der Waals surface area contributed by atoms with Gasteiger partial charge >= 0.3 is 12.1 Å². The monoisotopic (exact) mass is 498 g/mol. The van der Waals surface area contributed by atoms with Crippen molar-refractivity contribution >= 4 is 18.0 Å². The summed E-state index contributed by atoms with van der Waals surface area (Å²) < 4.78 is 10.0. The largest absolute Gasteiger partial charge is 0.467 e. The van der Waals surface area contributed by atoms with Crippen LogP contribution in [0.15, 0.2) is 0 Å². The lowest BCUT2D eigenvalue weighted by molar-refractivity contribution is -0.145. The predicted molar refractivity (Wildman–Crippen MR) is 142 cm³/mol. The third-order valence-electron chi connectivity index (χ3n) is 5.92. The highest BCUT2D eigenvalue weighted by atomic mass is 16.6. The Morgan fingerprint density at radius 3 is 1.74 bits per heavy atom. The molecule has 35 heavy (non-hydrogen) atoms. The molecule has 0 aromatic rings. The van der Waals surface area contributed by atoms with E-state index in [0.717, 1.165) is 19.3 Å². The molecule has 0 aromatic heterocycles. The number of carbonyl (C=O) groups excluding carboxylic acids is 3. The number of carbonyl (C=O) groups is 3. The summed E-state index contributed by atoms with van der Waals surface area (Å²) >= 11 is 0. The van der Waals surface area contributed by atoms with Gasteiger partial charge in [0.15, 0.2) is 0 Å². The molecule has 0 saturated carbocycles. The van der Waals surface area contributed by atoms with Gasteiger partial charge in [0, 0.05) is 13.0 Å². The van der Waals surface area contributed by atoms with E-state index >= 15 is 0 Å². The van der Waals surface area contributed by atoms with Crippen molar-refractivity contribution in [2.75, 3.05) is 13.7 Å². The molecule has 1 atom stereocenters. The molecule has 0 saturated heterocycles. The minimum Gasteiger partial charge on any atom is -0.467 e. The molecule has 0 spiro atoms. The van der Waals surface area contributed by atoms with E-state index in [9.17, 15) is 14.4 Å². The fraction of sp³-hybridized carbons (Fsp3) is 0.893. The second-order valence-corrected chi connectivity index (χ2v) is 10.6. The number of methoxy groups -OCH3 is 1. The van der Waals surface area contributed by atoms with E-state index in [-0.39, 0.29) is 5.91 Å². The highest BCUT2D eigenvalue weighted by Crippen LogP contribution is 2.13. The second-order valence-electron chi connectivity index (χ2n) is 10.6. The number of esters is 1. The van der Waals surface area contributed by atoms with Gasteiger partial charge in [0.25, 0.3) is 0 Å². The predicted octanol–water partition coefficient (Wildman–Crippen LogP) is 6.82. The molecule has 0 aliphatic heterocycles. The number of unbranched alkanes of at least 4 members (excludes halogenated alkanes) is 13. The number of amides is 2. The molecule has 0 rings (SSSR count). The molecule has 0 aromatic carbocycles. The average molecular weight is 499 g/mol. The first kappa shape index (κ1) is 33.2. The summed E-state index contributed by atoms with van der Waals surface area (Å²) in [5.74, 6) is -0.529. The third kappa shape index (κ3) is 22.4. The molecule has 2 amide bonds. The van der Waals surface area contributed by atoms with Crippen LogP contribution in [0.2, 0.25) is 0 Å². The Morgan fingerprint density at radius 2 is 1.26 bits per heavy atom. The lowest BCUT2D eigenvalue weighted by atomic mass is 10.0. The fourth-order valence-corrected chi connectivity index (χ4v) is 3.94. The van der Waals surface area contributed by atoms with Crippen molar-refractivity contribution < 1.29 is 23.9 Å². The first-order valence-electron chi connectivity index (χ1n) is 14.0. The van der Waals surface area contributed by atoms with Crippen molar-refractivity contribution in [1.82, 2.24) is 10.6 Å². The highest BCUT2D eigenvalue weighted by molar-refractivity contribution is 5.84. The number of hydrogen-bond acceptors (Lipinski definition) is 5. The summed E-state index contributed by atoms with van der Waals surface area (Å²) in [7, 11) is 1.33. The summed E-state index contributed by atoms with van der Waals surface area (Å²) in [6.07, 6.45) is 18.3. The van der Waals surface area contributed by atoms with E-state index in [1.807, 2.05) is 20.8 Å². The van der Waals surface area contributed by atoms with Crippen LogP contribution in [0.25, 0.3) is 0 Å². The van der Waals surface area contributed by atoms with Gasteiger partial charge < -0.3 is 20.1 Å². The van der Waals surface area contributed by atoms with Crippen LogP contribution in [0.1, 0.15) is 137 Å². The van der Waals surface area contributed by atoms with E-state index in [0.29, 0.717) is 32.2 Å². The highest BCUT2D eigenvalue weighted by Gasteiger charge is 2.21. The zero-order chi connectivity index (χ0) is 26.4. The summed E-state index contributed by atoms with van der Waals surface area (Å²) in [5.41, 5.74) is -0.530. The maximum absolute atomic E-state index is 12.3. The number of alkyl carbamates (subject to hydrolysis) is 1. The summed E-state index contributed by atoms with van der Waals surface area (Å²) in [5, 5.41) is 5.52. The van der Waals surface area contributed by atoms with E-state index in [4.69, 9.17) is 9.47 Å². The maximum atomic E-state index is 12.3. The van der Waals surface area contributed by atoms with Crippen molar-refractivity contribution in [2.45, 2.75) is 148 Å². The molecule has 206 valence electrons. The van der Waals surface area contributed by atoms with Gasteiger partial charge in [-0.2, -0.15) is 0 Å². The molecule has 0 aliphatic rings. The first-order chi connectivity index (χ1) is 16.7. The Hall–Kier alpha value is -1.79. The van der Waals surface area contributed by atoms with Crippen LogP contribution in [0.5, 0.6) is 0 Å². The van der Waals surface area contributed by atoms with Crippen molar-refractivity contribution in [3.8, 4) is 0 Å². The SMILES string of the molecule is CCCCCCCCCCCCCCCC(=O)N[C@@H](CCCCNC(=O)OC(C)(C)C)C(=O)OC. The Balaban J connectivity index is 3.84. The van der Waals surface area contributed by atoms with Gasteiger partial charge in [-0.3, -0.25) is 4.79 Å².